The van der Waals surface area contributed by atoms with Gasteiger partial charge in [0.25, 0.3) is 0 Å². The molecule has 1 atom stereocenters. The van der Waals surface area contributed by atoms with E-state index in [4.69, 9.17) is 4.74 Å². The van der Waals surface area contributed by atoms with Crippen LogP contribution in [0.2, 0.25) is 0 Å². The lowest BCUT2D eigenvalue weighted by Gasteiger charge is -2.32. The lowest BCUT2D eigenvalue weighted by atomic mass is 9.78. The normalized spacial score (nSPS) is 24.4. The first-order chi connectivity index (χ1) is 9.74. The average Bonchev–Trinajstić information content (AvgIpc) is 2.50. The summed E-state index contributed by atoms with van der Waals surface area (Å²) in [5, 5.41) is 12.1. The van der Waals surface area contributed by atoms with Gasteiger partial charge in [-0.1, -0.05) is 26.7 Å². The van der Waals surface area contributed by atoms with Crippen LogP contribution < -0.4 is 10.1 Å². The van der Waals surface area contributed by atoms with Crippen molar-refractivity contribution >= 4 is 0 Å². The van der Waals surface area contributed by atoms with Crippen LogP contribution in [0.15, 0.2) is 12.1 Å². The zero-order valence-electron chi connectivity index (χ0n) is 12.9. The van der Waals surface area contributed by atoms with Crippen LogP contribution in [0.25, 0.3) is 0 Å². The van der Waals surface area contributed by atoms with Crippen molar-refractivity contribution in [2.45, 2.75) is 52.0 Å². The standard InChI is InChI=1S/C16H27N3O/c1-4-11-17-16(13-7-5-12(2)6-8-13)14-9-10-15(20-3)19-18-14/h9-10,12-13,16-17H,4-8,11H2,1-3H3. The molecule has 1 aromatic heterocycles. The predicted molar refractivity (Wildman–Crippen MR) is 80.7 cm³/mol. The molecule has 4 nitrogen and oxygen atoms in total. The summed E-state index contributed by atoms with van der Waals surface area (Å²) in [6, 6.07) is 4.30. The van der Waals surface area contributed by atoms with E-state index in [-0.39, 0.29) is 0 Å². The van der Waals surface area contributed by atoms with Crippen LogP contribution >= 0.6 is 0 Å². The van der Waals surface area contributed by atoms with E-state index in [9.17, 15) is 0 Å². The summed E-state index contributed by atoms with van der Waals surface area (Å²) in [4.78, 5) is 0. The molecule has 1 N–H and O–H groups in total. The Kier molecular flexibility index (Phi) is 5.77. The molecule has 1 aromatic rings. The number of rotatable bonds is 6. The highest BCUT2D eigenvalue weighted by molar-refractivity contribution is 5.15. The number of aromatic nitrogens is 2. The minimum Gasteiger partial charge on any atom is -0.480 e. The molecule has 1 aliphatic carbocycles. The number of hydrogen-bond donors (Lipinski definition) is 1. The van der Waals surface area contributed by atoms with E-state index < -0.39 is 0 Å². The molecular weight excluding hydrogens is 250 g/mol. The second-order valence-corrected chi connectivity index (χ2v) is 5.95. The quantitative estimate of drug-likeness (QED) is 0.866. The van der Waals surface area contributed by atoms with Crippen LogP contribution in [0.1, 0.15) is 57.7 Å². The second-order valence-electron chi connectivity index (χ2n) is 5.95. The molecule has 0 spiro atoms. The molecule has 0 saturated heterocycles. The monoisotopic (exact) mass is 277 g/mol. The second kappa shape index (κ2) is 7.58. The molecule has 0 bridgehead atoms. The number of methoxy groups -OCH3 is 1. The molecule has 0 amide bonds. The summed E-state index contributed by atoms with van der Waals surface area (Å²) < 4.78 is 5.10. The van der Waals surface area contributed by atoms with Gasteiger partial charge in [0.1, 0.15) is 0 Å². The van der Waals surface area contributed by atoms with Gasteiger partial charge in [-0.25, -0.2) is 0 Å². The van der Waals surface area contributed by atoms with Gasteiger partial charge >= 0.3 is 0 Å². The fourth-order valence-corrected chi connectivity index (χ4v) is 3.04. The number of ether oxygens (including phenoxy) is 1. The SMILES string of the molecule is CCCNC(c1ccc(OC)nn1)C1CCC(C)CC1. The molecule has 1 unspecified atom stereocenters. The Labute approximate surface area is 122 Å². The summed E-state index contributed by atoms with van der Waals surface area (Å²) in [7, 11) is 1.62. The fraction of sp³-hybridized carbons (Fsp3) is 0.750. The summed E-state index contributed by atoms with van der Waals surface area (Å²) in [5.41, 5.74) is 1.05. The van der Waals surface area contributed by atoms with E-state index in [0.717, 1.165) is 24.6 Å². The molecular formula is C16H27N3O. The lowest BCUT2D eigenvalue weighted by Crippen LogP contribution is -2.32. The zero-order chi connectivity index (χ0) is 14.4. The molecule has 1 heterocycles. The van der Waals surface area contributed by atoms with E-state index >= 15 is 0 Å². The highest BCUT2D eigenvalue weighted by atomic mass is 16.5. The van der Waals surface area contributed by atoms with Crippen molar-refractivity contribution in [1.82, 2.24) is 15.5 Å². The van der Waals surface area contributed by atoms with Crippen molar-refractivity contribution in [3.05, 3.63) is 17.8 Å². The van der Waals surface area contributed by atoms with Gasteiger partial charge in [-0.2, -0.15) is 5.10 Å². The van der Waals surface area contributed by atoms with Crippen molar-refractivity contribution in [1.29, 1.82) is 0 Å². The van der Waals surface area contributed by atoms with Gasteiger partial charge < -0.3 is 10.1 Å². The molecule has 0 radical (unpaired) electrons. The topological polar surface area (TPSA) is 47.0 Å². The Morgan fingerprint density at radius 3 is 2.55 bits per heavy atom. The van der Waals surface area contributed by atoms with Crippen LogP contribution in [0.3, 0.4) is 0 Å². The number of nitrogens with one attached hydrogen (secondary N) is 1. The third kappa shape index (κ3) is 3.92. The largest absolute Gasteiger partial charge is 0.480 e. The predicted octanol–water partition coefficient (Wildman–Crippen LogP) is 3.35. The van der Waals surface area contributed by atoms with Crippen molar-refractivity contribution < 1.29 is 4.74 Å². The molecule has 2 rings (SSSR count). The average molecular weight is 277 g/mol. The highest BCUT2D eigenvalue weighted by Gasteiger charge is 2.28. The summed E-state index contributed by atoms with van der Waals surface area (Å²) in [6.07, 6.45) is 6.38. The van der Waals surface area contributed by atoms with E-state index in [1.54, 1.807) is 7.11 Å². The number of nitrogens with zero attached hydrogens (tertiary/aromatic N) is 2. The van der Waals surface area contributed by atoms with Crippen molar-refractivity contribution in [2.24, 2.45) is 11.8 Å². The first-order valence-electron chi connectivity index (χ1n) is 7.85. The van der Waals surface area contributed by atoms with E-state index in [1.165, 1.54) is 25.7 Å². The van der Waals surface area contributed by atoms with Crippen LogP contribution in [0.4, 0.5) is 0 Å². The molecule has 0 aromatic carbocycles. The van der Waals surface area contributed by atoms with Gasteiger partial charge in [-0.3, -0.25) is 0 Å². The third-order valence-corrected chi connectivity index (χ3v) is 4.33. The Morgan fingerprint density at radius 1 is 1.25 bits per heavy atom. The minimum atomic E-state index is 0.334. The Morgan fingerprint density at radius 2 is 2.00 bits per heavy atom. The van der Waals surface area contributed by atoms with Gasteiger partial charge in [0.2, 0.25) is 5.88 Å². The first kappa shape index (κ1) is 15.2. The van der Waals surface area contributed by atoms with Gasteiger partial charge in [0.05, 0.1) is 18.8 Å². The maximum absolute atomic E-state index is 5.10. The van der Waals surface area contributed by atoms with E-state index in [0.29, 0.717) is 17.8 Å². The summed E-state index contributed by atoms with van der Waals surface area (Å²) >= 11 is 0. The molecule has 4 heteroatoms. The smallest absolute Gasteiger partial charge is 0.233 e. The Balaban J connectivity index is 2.08. The van der Waals surface area contributed by atoms with Gasteiger partial charge in [-0.05, 0) is 43.7 Å². The van der Waals surface area contributed by atoms with Crippen LogP contribution in [-0.2, 0) is 0 Å². The maximum atomic E-state index is 5.10. The molecule has 1 saturated carbocycles. The number of hydrogen-bond acceptors (Lipinski definition) is 4. The van der Waals surface area contributed by atoms with Gasteiger partial charge in [0.15, 0.2) is 0 Å². The van der Waals surface area contributed by atoms with Crippen molar-refractivity contribution in [2.75, 3.05) is 13.7 Å². The summed E-state index contributed by atoms with van der Waals surface area (Å²) in [5.74, 6) is 2.14. The van der Waals surface area contributed by atoms with Crippen LogP contribution in [0, 0.1) is 11.8 Å². The summed E-state index contributed by atoms with van der Waals surface area (Å²) in [6.45, 7) is 5.59. The minimum absolute atomic E-state index is 0.334. The Bertz CT molecular complexity index is 385. The van der Waals surface area contributed by atoms with Crippen LogP contribution in [0.5, 0.6) is 5.88 Å². The molecule has 1 fully saturated rings. The maximum Gasteiger partial charge on any atom is 0.233 e. The fourth-order valence-electron chi connectivity index (χ4n) is 3.04. The molecule has 0 aliphatic heterocycles. The Hall–Kier alpha value is -1.16. The highest BCUT2D eigenvalue weighted by Crippen LogP contribution is 2.36. The lowest BCUT2D eigenvalue weighted by molar-refractivity contribution is 0.227. The third-order valence-electron chi connectivity index (χ3n) is 4.33. The first-order valence-corrected chi connectivity index (χ1v) is 7.85. The molecule has 112 valence electrons. The van der Waals surface area contributed by atoms with E-state index in [1.807, 2.05) is 6.07 Å². The van der Waals surface area contributed by atoms with Crippen LogP contribution in [-0.4, -0.2) is 23.9 Å². The van der Waals surface area contributed by atoms with Gasteiger partial charge in [0, 0.05) is 6.07 Å². The van der Waals surface area contributed by atoms with E-state index in [2.05, 4.69) is 35.4 Å². The molecule has 20 heavy (non-hydrogen) atoms. The van der Waals surface area contributed by atoms with Crippen molar-refractivity contribution in [3.63, 3.8) is 0 Å². The van der Waals surface area contributed by atoms with Crippen molar-refractivity contribution in [3.8, 4) is 5.88 Å². The zero-order valence-corrected chi connectivity index (χ0v) is 12.9. The van der Waals surface area contributed by atoms with Gasteiger partial charge in [-0.15, -0.1) is 5.10 Å². The molecule has 1 aliphatic rings.